The molecule has 2 rings (SSSR count). The van der Waals surface area contributed by atoms with E-state index in [1.54, 1.807) is 0 Å². The maximum Gasteiger partial charge on any atom is 0.416 e. The highest BCUT2D eigenvalue weighted by molar-refractivity contribution is 9.10. The van der Waals surface area contributed by atoms with E-state index >= 15 is 0 Å². The minimum atomic E-state index is -4.87. The normalized spacial score (nSPS) is 12.5. The lowest BCUT2D eigenvalue weighted by molar-refractivity contribution is -0.143. The Labute approximate surface area is 123 Å². The molecule has 0 aliphatic heterocycles. The van der Waals surface area contributed by atoms with Crippen LogP contribution in [0.5, 0.6) is 0 Å². The molecule has 0 N–H and O–H groups in total. The first kappa shape index (κ1) is 15.8. The standard InChI is InChI=1S/C13H6BrF6N/c14-11-3-1-2-10(21-11)7-4-8(12(15,16)17)6-9(5-7)13(18,19)20/h1-6H. The highest BCUT2D eigenvalue weighted by atomic mass is 79.9. The molecule has 0 fully saturated rings. The summed E-state index contributed by atoms with van der Waals surface area (Å²) in [6.07, 6.45) is -9.75. The van der Waals surface area contributed by atoms with Crippen LogP contribution in [0.3, 0.4) is 0 Å². The SMILES string of the molecule is FC(F)(F)c1cc(-c2cccc(Br)n2)cc(C(F)(F)F)c1. The quantitative estimate of drug-likeness (QED) is 0.474. The fraction of sp³-hybridized carbons (Fsp3) is 0.154. The van der Waals surface area contributed by atoms with Crippen LogP contribution in [-0.4, -0.2) is 4.98 Å². The van der Waals surface area contributed by atoms with Crippen molar-refractivity contribution in [3.63, 3.8) is 0 Å². The molecule has 0 aliphatic rings. The lowest BCUT2D eigenvalue weighted by atomic mass is 10.0. The van der Waals surface area contributed by atoms with Crippen molar-refractivity contribution in [3.8, 4) is 11.3 Å². The number of rotatable bonds is 1. The number of halogens is 7. The van der Waals surface area contributed by atoms with E-state index < -0.39 is 23.5 Å². The molecule has 1 aromatic heterocycles. The summed E-state index contributed by atoms with van der Waals surface area (Å²) in [6.45, 7) is 0. The third kappa shape index (κ3) is 3.75. The zero-order valence-electron chi connectivity index (χ0n) is 10.1. The maximum atomic E-state index is 12.7. The average Bonchev–Trinajstić information content (AvgIpc) is 2.36. The van der Waals surface area contributed by atoms with Crippen LogP contribution in [-0.2, 0) is 12.4 Å². The third-order valence-electron chi connectivity index (χ3n) is 2.60. The second-order valence-electron chi connectivity index (χ2n) is 4.14. The Morgan fingerprint density at radius 3 is 1.76 bits per heavy atom. The van der Waals surface area contributed by atoms with E-state index in [9.17, 15) is 26.3 Å². The molecule has 0 radical (unpaired) electrons. The lowest BCUT2D eigenvalue weighted by Crippen LogP contribution is -2.11. The van der Waals surface area contributed by atoms with Gasteiger partial charge in [-0.15, -0.1) is 0 Å². The van der Waals surface area contributed by atoms with Crippen LogP contribution in [0.15, 0.2) is 41.0 Å². The van der Waals surface area contributed by atoms with E-state index in [4.69, 9.17) is 0 Å². The van der Waals surface area contributed by atoms with Gasteiger partial charge in [-0.2, -0.15) is 26.3 Å². The van der Waals surface area contributed by atoms with Gasteiger partial charge in [0, 0.05) is 5.56 Å². The minimum Gasteiger partial charge on any atom is -0.241 e. The van der Waals surface area contributed by atoms with E-state index in [1.165, 1.54) is 18.2 Å². The molecule has 1 nitrogen and oxygen atoms in total. The number of alkyl halides is 6. The van der Waals surface area contributed by atoms with Crippen LogP contribution in [0, 0.1) is 0 Å². The highest BCUT2D eigenvalue weighted by Crippen LogP contribution is 2.38. The molecule has 21 heavy (non-hydrogen) atoms. The predicted molar refractivity (Wildman–Crippen MR) is 67.4 cm³/mol. The number of hydrogen-bond donors (Lipinski definition) is 0. The second-order valence-corrected chi connectivity index (χ2v) is 4.95. The van der Waals surface area contributed by atoms with Gasteiger partial charge in [0.15, 0.2) is 0 Å². The predicted octanol–water partition coefficient (Wildman–Crippen LogP) is 5.55. The van der Waals surface area contributed by atoms with Crippen molar-refractivity contribution in [1.82, 2.24) is 4.98 Å². The molecule has 0 amide bonds. The summed E-state index contributed by atoms with van der Waals surface area (Å²) in [6, 6.07) is 5.69. The fourth-order valence-corrected chi connectivity index (χ4v) is 2.02. The average molecular weight is 370 g/mol. The summed E-state index contributed by atoms with van der Waals surface area (Å²) >= 11 is 3.02. The Morgan fingerprint density at radius 1 is 0.810 bits per heavy atom. The third-order valence-corrected chi connectivity index (χ3v) is 3.04. The zero-order chi connectivity index (χ0) is 15.8. The molecule has 0 aliphatic carbocycles. The fourth-order valence-electron chi connectivity index (χ4n) is 1.67. The van der Waals surface area contributed by atoms with E-state index in [0.29, 0.717) is 16.7 Å². The van der Waals surface area contributed by atoms with E-state index in [0.717, 1.165) is 0 Å². The Bertz CT molecular complexity index is 630. The van der Waals surface area contributed by atoms with Gasteiger partial charge in [-0.1, -0.05) is 6.07 Å². The van der Waals surface area contributed by atoms with E-state index in [2.05, 4.69) is 20.9 Å². The molecule has 0 atom stereocenters. The number of aromatic nitrogens is 1. The van der Waals surface area contributed by atoms with Gasteiger partial charge >= 0.3 is 12.4 Å². The molecule has 0 bridgehead atoms. The van der Waals surface area contributed by atoms with Crippen molar-refractivity contribution in [1.29, 1.82) is 0 Å². The van der Waals surface area contributed by atoms with Gasteiger partial charge in [0.2, 0.25) is 0 Å². The Balaban J connectivity index is 2.66. The van der Waals surface area contributed by atoms with E-state index in [-0.39, 0.29) is 17.3 Å². The molecule has 0 spiro atoms. The van der Waals surface area contributed by atoms with Crippen LogP contribution >= 0.6 is 15.9 Å². The Morgan fingerprint density at radius 2 is 1.33 bits per heavy atom. The summed E-state index contributed by atoms with van der Waals surface area (Å²) < 4.78 is 76.7. The molecule has 2 aromatic rings. The van der Waals surface area contributed by atoms with Gasteiger partial charge < -0.3 is 0 Å². The smallest absolute Gasteiger partial charge is 0.241 e. The highest BCUT2D eigenvalue weighted by Gasteiger charge is 2.37. The molecule has 0 saturated heterocycles. The van der Waals surface area contributed by atoms with Crippen LogP contribution in [0.4, 0.5) is 26.3 Å². The van der Waals surface area contributed by atoms with Crippen molar-refractivity contribution in [2.45, 2.75) is 12.4 Å². The first-order valence-electron chi connectivity index (χ1n) is 5.50. The van der Waals surface area contributed by atoms with E-state index in [1.807, 2.05) is 0 Å². The van der Waals surface area contributed by atoms with Gasteiger partial charge in [0.1, 0.15) is 4.60 Å². The number of nitrogens with zero attached hydrogens (tertiary/aromatic N) is 1. The van der Waals surface area contributed by atoms with Crippen molar-refractivity contribution in [2.24, 2.45) is 0 Å². The summed E-state index contributed by atoms with van der Waals surface area (Å²) in [5, 5.41) is 0. The Kier molecular flexibility index (Phi) is 4.01. The first-order chi connectivity index (χ1) is 9.57. The van der Waals surface area contributed by atoms with Gasteiger partial charge in [0.25, 0.3) is 0 Å². The van der Waals surface area contributed by atoms with Gasteiger partial charge in [-0.3, -0.25) is 0 Å². The van der Waals surface area contributed by atoms with Gasteiger partial charge in [-0.25, -0.2) is 4.98 Å². The van der Waals surface area contributed by atoms with Crippen LogP contribution in [0.25, 0.3) is 11.3 Å². The summed E-state index contributed by atoms with van der Waals surface area (Å²) in [5.74, 6) is 0. The molecule has 0 unspecified atom stereocenters. The summed E-state index contributed by atoms with van der Waals surface area (Å²) in [5.41, 5.74) is -2.97. The van der Waals surface area contributed by atoms with Crippen LogP contribution in [0.2, 0.25) is 0 Å². The Hall–Kier alpha value is -1.57. The molecule has 0 saturated carbocycles. The molecule has 112 valence electrons. The van der Waals surface area contributed by atoms with Crippen molar-refractivity contribution in [2.75, 3.05) is 0 Å². The second kappa shape index (κ2) is 5.32. The first-order valence-corrected chi connectivity index (χ1v) is 6.29. The monoisotopic (exact) mass is 369 g/mol. The van der Waals surface area contributed by atoms with Crippen molar-refractivity contribution >= 4 is 15.9 Å². The van der Waals surface area contributed by atoms with Crippen molar-refractivity contribution in [3.05, 3.63) is 52.1 Å². The van der Waals surface area contributed by atoms with Crippen molar-refractivity contribution < 1.29 is 26.3 Å². The topological polar surface area (TPSA) is 12.9 Å². The molecule has 1 heterocycles. The summed E-state index contributed by atoms with van der Waals surface area (Å²) in [4.78, 5) is 3.87. The minimum absolute atomic E-state index is 0.0148. The molecule has 8 heteroatoms. The zero-order valence-corrected chi connectivity index (χ0v) is 11.6. The van der Waals surface area contributed by atoms with Gasteiger partial charge in [0.05, 0.1) is 16.8 Å². The van der Waals surface area contributed by atoms with Crippen LogP contribution < -0.4 is 0 Å². The number of benzene rings is 1. The summed E-state index contributed by atoms with van der Waals surface area (Å²) in [7, 11) is 0. The van der Waals surface area contributed by atoms with Gasteiger partial charge in [-0.05, 0) is 46.3 Å². The maximum absolute atomic E-state index is 12.7. The lowest BCUT2D eigenvalue weighted by Gasteiger charge is -2.14. The largest absolute Gasteiger partial charge is 0.416 e. The molecular weight excluding hydrogens is 364 g/mol. The molecule has 1 aromatic carbocycles. The molecular formula is C13H6BrF6N. The van der Waals surface area contributed by atoms with Crippen LogP contribution in [0.1, 0.15) is 11.1 Å². The number of pyridine rings is 1. The number of hydrogen-bond acceptors (Lipinski definition) is 1.